The normalized spacial score (nSPS) is 20.3. The summed E-state index contributed by atoms with van der Waals surface area (Å²) in [5.74, 6) is -1.55. The van der Waals surface area contributed by atoms with Gasteiger partial charge in [0.05, 0.1) is 41.8 Å². The largest absolute Gasteiger partial charge is 0.367 e. The summed E-state index contributed by atoms with van der Waals surface area (Å²) < 4.78 is 51.1. The van der Waals surface area contributed by atoms with Gasteiger partial charge in [0.25, 0.3) is 0 Å². The maximum atomic E-state index is 15.1. The number of aromatic nitrogens is 6. The van der Waals surface area contributed by atoms with Crippen LogP contribution in [0.2, 0.25) is 0 Å². The van der Waals surface area contributed by atoms with Crippen molar-refractivity contribution in [2.75, 3.05) is 18.0 Å². The van der Waals surface area contributed by atoms with Crippen LogP contribution in [-0.4, -0.2) is 48.9 Å². The number of hydrogen-bond donors (Lipinski definition) is 0. The summed E-state index contributed by atoms with van der Waals surface area (Å²) in [6.07, 6.45) is 2.51. The van der Waals surface area contributed by atoms with E-state index in [1.807, 2.05) is 18.7 Å². The Kier molecular flexibility index (Phi) is 5.40. The highest BCUT2D eigenvalue weighted by molar-refractivity contribution is 5.88. The van der Waals surface area contributed by atoms with E-state index in [2.05, 4.69) is 25.0 Å². The van der Waals surface area contributed by atoms with Crippen LogP contribution in [0.5, 0.6) is 0 Å². The average molecular weight is 496 g/mol. The highest BCUT2D eigenvalue weighted by Crippen LogP contribution is 2.38. The molecule has 1 aliphatic carbocycles. The van der Waals surface area contributed by atoms with E-state index in [-0.39, 0.29) is 41.8 Å². The number of nitrogens with zero attached hydrogens (tertiary/aromatic N) is 7. The molecule has 0 N–H and O–H groups in total. The Labute approximate surface area is 205 Å². The third-order valence-corrected chi connectivity index (χ3v) is 6.66. The van der Waals surface area contributed by atoms with E-state index in [1.54, 1.807) is 6.92 Å². The first-order valence-corrected chi connectivity index (χ1v) is 11.9. The number of ether oxygens (including phenoxy) is 1. The fourth-order valence-corrected chi connectivity index (χ4v) is 4.55. The second-order valence-electron chi connectivity index (χ2n) is 9.47. The molecule has 0 bridgehead atoms. The first-order chi connectivity index (χ1) is 17.3. The molecule has 0 spiro atoms. The van der Waals surface area contributed by atoms with Gasteiger partial charge in [0.2, 0.25) is 11.9 Å². The molecular weight excluding hydrogens is 471 g/mol. The molecule has 1 aromatic carbocycles. The van der Waals surface area contributed by atoms with Gasteiger partial charge >= 0.3 is 0 Å². The van der Waals surface area contributed by atoms with Crippen molar-refractivity contribution in [3.8, 4) is 11.3 Å². The quantitative estimate of drug-likeness (QED) is 0.409. The van der Waals surface area contributed by atoms with Gasteiger partial charge in [-0.1, -0.05) is 0 Å². The second kappa shape index (κ2) is 8.51. The highest BCUT2D eigenvalue weighted by Gasteiger charge is 2.35. The number of fused-ring (bicyclic) bond motifs is 1. The fraction of sp³-hybridized carbons (Fsp3) is 0.400. The van der Waals surface area contributed by atoms with E-state index in [4.69, 9.17) is 4.74 Å². The molecule has 0 radical (unpaired) electrons. The zero-order valence-corrected chi connectivity index (χ0v) is 20.0. The van der Waals surface area contributed by atoms with Crippen LogP contribution in [0.3, 0.4) is 0 Å². The van der Waals surface area contributed by atoms with Crippen LogP contribution in [0.15, 0.2) is 24.4 Å². The number of rotatable bonds is 4. The SMILES string of the molecule is Cc1nc2nc(N3C[C@@H](C)O[C@H](c4cnn(C5CC5)c4F)C3)nc(-c3ccc(F)cc3F)c2nc1C. The molecular formula is C25H24F3N7O. The molecule has 186 valence electrons. The summed E-state index contributed by atoms with van der Waals surface area (Å²) >= 11 is 0. The van der Waals surface area contributed by atoms with E-state index in [9.17, 15) is 8.78 Å². The summed E-state index contributed by atoms with van der Waals surface area (Å²) in [6, 6.07) is 3.43. The second-order valence-corrected chi connectivity index (χ2v) is 9.47. The minimum atomic E-state index is -0.760. The molecule has 8 nitrogen and oxygen atoms in total. The van der Waals surface area contributed by atoms with E-state index in [0.717, 1.165) is 18.9 Å². The number of halogens is 3. The van der Waals surface area contributed by atoms with Crippen LogP contribution in [0.1, 0.15) is 48.9 Å². The summed E-state index contributed by atoms with van der Waals surface area (Å²) in [4.78, 5) is 20.3. The molecule has 1 saturated carbocycles. The van der Waals surface area contributed by atoms with Crippen LogP contribution in [0.4, 0.5) is 19.1 Å². The molecule has 0 amide bonds. The molecule has 2 aliphatic rings. The Morgan fingerprint density at radius 1 is 0.972 bits per heavy atom. The van der Waals surface area contributed by atoms with E-state index in [0.29, 0.717) is 34.7 Å². The predicted octanol–water partition coefficient (Wildman–Crippen LogP) is 4.62. The molecule has 6 rings (SSSR count). The highest BCUT2D eigenvalue weighted by atomic mass is 19.1. The molecule has 1 aliphatic heterocycles. The van der Waals surface area contributed by atoms with Crippen LogP contribution in [0, 0.1) is 31.4 Å². The molecule has 36 heavy (non-hydrogen) atoms. The van der Waals surface area contributed by atoms with Gasteiger partial charge in [0.1, 0.15) is 28.9 Å². The molecule has 4 heterocycles. The van der Waals surface area contributed by atoms with Gasteiger partial charge in [-0.15, -0.1) is 0 Å². The van der Waals surface area contributed by atoms with Crippen molar-refractivity contribution >= 4 is 17.1 Å². The van der Waals surface area contributed by atoms with E-state index >= 15 is 4.39 Å². The molecule has 3 aromatic heterocycles. The summed E-state index contributed by atoms with van der Waals surface area (Å²) in [5, 5.41) is 4.23. The standard InChI is InChI=1S/C25H24F3N7O/c1-12-10-34(11-20(36-12)18-9-29-35(23(18)28)16-5-6-16)25-32-21(17-7-4-15(26)8-19(17)27)22-24(33-25)31-14(3)13(2)30-22/h4,7-9,12,16,20H,5-6,10-11H2,1-3H3/t12-,20+/m1/s1. The lowest BCUT2D eigenvalue weighted by molar-refractivity contribution is -0.0197. The van der Waals surface area contributed by atoms with Gasteiger partial charge in [0, 0.05) is 18.2 Å². The average Bonchev–Trinajstić information content (AvgIpc) is 3.60. The maximum Gasteiger partial charge on any atom is 0.228 e. The lowest BCUT2D eigenvalue weighted by Gasteiger charge is -2.36. The van der Waals surface area contributed by atoms with Gasteiger partial charge in [-0.3, -0.25) is 0 Å². The Morgan fingerprint density at radius 2 is 1.75 bits per heavy atom. The van der Waals surface area contributed by atoms with E-state index < -0.39 is 17.7 Å². The van der Waals surface area contributed by atoms with Crippen LogP contribution in [0.25, 0.3) is 22.4 Å². The maximum absolute atomic E-state index is 15.1. The Bertz CT molecular complexity index is 1490. The minimum Gasteiger partial charge on any atom is -0.367 e. The third kappa shape index (κ3) is 3.97. The lowest BCUT2D eigenvalue weighted by atomic mass is 10.1. The minimum absolute atomic E-state index is 0.0946. The first kappa shape index (κ1) is 22.8. The summed E-state index contributed by atoms with van der Waals surface area (Å²) in [5.41, 5.74) is 2.65. The number of aryl methyl sites for hydroxylation is 2. The smallest absolute Gasteiger partial charge is 0.228 e. The van der Waals surface area contributed by atoms with Crippen molar-refractivity contribution in [1.82, 2.24) is 29.7 Å². The molecule has 1 saturated heterocycles. The number of anilines is 1. The van der Waals surface area contributed by atoms with Gasteiger partial charge in [-0.2, -0.15) is 14.5 Å². The van der Waals surface area contributed by atoms with Crippen molar-refractivity contribution < 1.29 is 17.9 Å². The molecule has 2 fully saturated rings. The zero-order valence-electron chi connectivity index (χ0n) is 20.0. The number of benzene rings is 1. The van der Waals surface area contributed by atoms with Gasteiger partial charge in [-0.25, -0.2) is 28.4 Å². The van der Waals surface area contributed by atoms with Crippen LogP contribution in [-0.2, 0) is 4.74 Å². The Balaban J connectivity index is 1.44. The Hall–Kier alpha value is -3.60. The number of hydrogen-bond acceptors (Lipinski definition) is 7. The molecule has 4 aromatic rings. The Morgan fingerprint density at radius 3 is 2.50 bits per heavy atom. The van der Waals surface area contributed by atoms with Crippen LogP contribution < -0.4 is 4.90 Å². The topological polar surface area (TPSA) is 81.9 Å². The molecule has 11 heteroatoms. The van der Waals surface area contributed by atoms with Gasteiger partial charge in [-0.05, 0) is 45.7 Å². The van der Waals surface area contributed by atoms with Gasteiger partial charge in [0.15, 0.2) is 5.65 Å². The van der Waals surface area contributed by atoms with Gasteiger partial charge < -0.3 is 9.64 Å². The van der Waals surface area contributed by atoms with Crippen molar-refractivity contribution in [3.05, 3.63) is 58.9 Å². The van der Waals surface area contributed by atoms with Crippen molar-refractivity contribution in [1.29, 1.82) is 0 Å². The summed E-state index contributed by atoms with van der Waals surface area (Å²) in [7, 11) is 0. The zero-order chi connectivity index (χ0) is 25.1. The van der Waals surface area contributed by atoms with Crippen molar-refractivity contribution in [2.24, 2.45) is 0 Å². The van der Waals surface area contributed by atoms with Crippen molar-refractivity contribution in [2.45, 2.75) is 51.9 Å². The summed E-state index contributed by atoms with van der Waals surface area (Å²) in [6.45, 7) is 6.20. The lowest BCUT2D eigenvalue weighted by Crippen LogP contribution is -2.44. The first-order valence-electron chi connectivity index (χ1n) is 11.9. The molecule has 0 unspecified atom stereocenters. The van der Waals surface area contributed by atoms with Crippen molar-refractivity contribution in [3.63, 3.8) is 0 Å². The van der Waals surface area contributed by atoms with E-state index in [1.165, 1.54) is 23.0 Å². The monoisotopic (exact) mass is 495 g/mol. The third-order valence-electron chi connectivity index (χ3n) is 6.66. The van der Waals surface area contributed by atoms with Crippen LogP contribution >= 0.6 is 0 Å². The number of morpholine rings is 1. The molecule has 2 atom stereocenters. The predicted molar refractivity (Wildman–Crippen MR) is 126 cm³/mol. The fourth-order valence-electron chi connectivity index (χ4n) is 4.55.